The predicted octanol–water partition coefficient (Wildman–Crippen LogP) is 4.18. The van der Waals surface area contributed by atoms with E-state index in [-0.39, 0.29) is 0 Å². The van der Waals surface area contributed by atoms with Crippen LogP contribution in [0.3, 0.4) is 0 Å². The van der Waals surface area contributed by atoms with E-state index in [9.17, 15) is 0 Å². The summed E-state index contributed by atoms with van der Waals surface area (Å²) in [4.78, 5) is 0. The van der Waals surface area contributed by atoms with Gasteiger partial charge in [0.25, 0.3) is 0 Å². The van der Waals surface area contributed by atoms with Gasteiger partial charge in [-0.3, -0.25) is 0 Å². The van der Waals surface area contributed by atoms with Crippen LogP contribution >= 0.6 is 0 Å². The normalized spacial score (nSPS) is 24.0. The fourth-order valence-corrected chi connectivity index (χ4v) is 1.31. The highest BCUT2D eigenvalue weighted by atomic mass is 13.9. The molecule has 1 aliphatic carbocycles. The first-order valence-corrected chi connectivity index (χ1v) is 5.15. The molecule has 1 aliphatic rings. The summed E-state index contributed by atoms with van der Waals surface area (Å²) in [5, 5.41) is 0. The molecule has 0 nitrogen and oxygen atoms in total. The molecule has 0 saturated carbocycles. The summed E-state index contributed by atoms with van der Waals surface area (Å²) >= 11 is 0. The van der Waals surface area contributed by atoms with Crippen molar-refractivity contribution in [1.82, 2.24) is 0 Å². The highest BCUT2D eigenvalue weighted by molar-refractivity contribution is 5.15. The van der Waals surface area contributed by atoms with E-state index in [1.54, 1.807) is 0 Å². The van der Waals surface area contributed by atoms with Crippen LogP contribution < -0.4 is 0 Å². The molecular formula is C13H18. The Morgan fingerprint density at radius 3 is 1.46 bits per heavy atom. The maximum Gasteiger partial charge on any atom is -0.0348 e. The molecule has 0 unspecified atom stereocenters. The Bertz CT molecular complexity index is 192. The summed E-state index contributed by atoms with van der Waals surface area (Å²) in [6.45, 7) is 0. The number of hydrogen-bond acceptors (Lipinski definition) is 0. The minimum absolute atomic E-state index is 1.22. The molecule has 0 radical (unpaired) electrons. The molecule has 0 amide bonds. The van der Waals surface area contributed by atoms with Crippen molar-refractivity contribution in [1.29, 1.82) is 0 Å². The van der Waals surface area contributed by atoms with Gasteiger partial charge >= 0.3 is 0 Å². The Morgan fingerprint density at radius 2 is 0.923 bits per heavy atom. The number of allylic oxidation sites excluding steroid dienone is 8. The van der Waals surface area contributed by atoms with Crippen molar-refractivity contribution in [3.8, 4) is 0 Å². The molecule has 0 heterocycles. The summed E-state index contributed by atoms with van der Waals surface area (Å²) < 4.78 is 0. The van der Waals surface area contributed by atoms with Crippen LogP contribution in [-0.2, 0) is 0 Å². The Balaban J connectivity index is 2.39. The van der Waals surface area contributed by atoms with Crippen LogP contribution in [0.25, 0.3) is 0 Å². The third-order valence-electron chi connectivity index (χ3n) is 2.07. The van der Waals surface area contributed by atoms with Crippen LogP contribution in [0.5, 0.6) is 0 Å². The van der Waals surface area contributed by atoms with Crippen molar-refractivity contribution in [3.63, 3.8) is 0 Å². The molecule has 0 aromatic heterocycles. The second-order valence-electron chi connectivity index (χ2n) is 3.26. The van der Waals surface area contributed by atoms with Gasteiger partial charge in [-0.25, -0.2) is 0 Å². The van der Waals surface area contributed by atoms with Gasteiger partial charge in [0, 0.05) is 0 Å². The predicted molar refractivity (Wildman–Crippen MR) is 59.6 cm³/mol. The summed E-state index contributed by atoms with van der Waals surface area (Å²) in [6, 6.07) is 0. The molecular weight excluding hydrogens is 156 g/mol. The van der Waals surface area contributed by atoms with Gasteiger partial charge in [-0.2, -0.15) is 0 Å². The molecule has 0 spiro atoms. The second kappa shape index (κ2) is 7.60. The van der Waals surface area contributed by atoms with E-state index in [1.807, 2.05) is 0 Å². The van der Waals surface area contributed by atoms with Gasteiger partial charge in [0.2, 0.25) is 0 Å². The molecule has 0 aromatic rings. The van der Waals surface area contributed by atoms with Crippen molar-refractivity contribution in [2.24, 2.45) is 0 Å². The van der Waals surface area contributed by atoms with E-state index in [2.05, 4.69) is 48.6 Å². The van der Waals surface area contributed by atoms with E-state index < -0.39 is 0 Å². The van der Waals surface area contributed by atoms with E-state index in [4.69, 9.17) is 0 Å². The molecule has 0 N–H and O–H groups in total. The fourth-order valence-electron chi connectivity index (χ4n) is 1.31. The maximum absolute atomic E-state index is 2.25. The lowest BCUT2D eigenvalue weighted by atomic mass is 10.1. The monoisotopic (exact) mass is 174 g/mol. The van der Waals surface area contributed by atoms with Gasteiger partial charge in [-0.1, -0.05) is 55.0 Å². The molecule has 13 heavy (non-hydrogen) atoms. The summed E-state index contributed by atoms with van der Waals surface area (Å²) in [5.41, 5.74) is 0. The summed E-state index contributed by atoms with van der Waals surface area (Å²) in [6.07, 6.45) is 23.5. The third-order valence-corrected chi connectivity index (χ3v) is 2.07. The zero-order valence-electron chi connectivity index (χ0n) is 8.15. The first-order chi connectivity index (χ1) is 6.50. The van der Waals surface area contributed by atoms with E-state index in [0.717, 1.165) is 0 Å². The molecule has 70 valence electrons. The van der Waals surface area contributed by atoms with Crippen molar-refractivity contribution in [3.05, 3.63) is 48.6 Å². The lowest BCUT2D eigenvalue weighted by molar-refractivity contribution is 0.696. The fraction of sp³-hybridized carbons (Fsp3) is 0.385. The second-order valence-corrected chi connectivity index (χ2v) is 3.26. The van der Waals surface area contributed by atoms with Gasteiger partial charge in [0.1, 0.15) is 0 Å². The van der Waals surface area contributed by atoms with E-state index in [1.165, 1.54) is 32.1 Å². The van der Waals surface area contributed by atoms with Crippen molar-refractivity contribution in [2.75, 3.05) is 0 Å². The van der Waals surface area contributed by atoms with E-state index in [0.29, 0.717) is 0 Å². The molecule has 0 fully saturated rings. The highest BCUT2D eigenvalue weighted by Gasteiger charge is 1.85. The first kappa shape index (κ1) is 10.0. The minimum Gasteiger partial charge on any atom is -0.0845 e. The SMILES string of the molecule is C1=C/C=C\C=C\CCCCCC=C1. The lowest BCUT2D eigenvalue weighted by Crippen LogP contribution is -1.74. The topological polar surface area (TPSA) is 0 Å². The van der Waals surface area contributed by atoms with Crippen LogP contribution in [0, 0.1) is 0 Å². The molecule has 0 bridgehead atoms. The highest BCUT2D eigenvalue weighted by Crippen LogP contribution is 2.04. The first-order valence-electron chi connectivity index (χ1n) is 5.15. The molecule has 0 aromatic carbocycles. The molecule has 0 saturated heterocycles. The maximum atomic E-state index is 2.25. The van der Waals surface area contributed by atoms with Crippen LogP contribution in [-0.4, -0.2) is 0 Å². The van der Waals surface area contributed by atoms with Gasteiger partial charge in [0.15, 0.2) is 0 Å². The van der Waals surface area contributed by atoms with E-state index >= 15 is 0 Å². The Kier molecular flexibility index (Phi) is 5.87. The van der Waals surface area contributed by atoms with Crippen LogP contribution in [0.1, 0.15) is 32.1 Å². The smallest absolute Gasteiger partial charge is 0.0348 e. The number of hydrogen-bond donors (Lipinski definition) is 0. The zero-order valence-corrected chi connectivity index (χ0v) is 8.15. The molecule has 0 heteroatoms. The van der Waals surface area contributed by atoms with Crippen molar-refractivity contribution < 1.29 is 0 Å². The largest absolute Gasteiger partial charge is 0.0845 e. The average molecular weight is 174 g/mol. The van der Waals surface area contributed by atoms with Crippen molar-refractivity contribution in [2.45, 2.75) is 32.1 Å². The van der Waals surface area contributed by atoms with Crippen LogP contribution in [0.2, 0.25) is 0 Å². The Labute approximate surface area is 81.4 Å². The summed E-state index contributed by atoms with van der Waals surface area (Å²) in [7, 11) is 0. The zero-order chi connectivity index (χ0) is 9.19. The van der Waals surface area contributed by atoms with Crippen LogP contribution in [0.4, 0.5) is 0 Å². The minimum atomic E-state index is 1.22. The molecule has 1 rings (SSSR count). The van der Waals surface area contributed by atoms with Gasteiger partial charge in [-0.05, 0) is 25.7 Å². The molecule has 0 aliphatic heterocycles. The lowest BCUT2D eigenvalue weighted by Gasteiger charge is -1.93. The Morgan fingerprint density at radius 1 is 0.462 bits per heavy atom. The summed E-state index contributed by atoms with van der Waals surface area (Å²) in [5.74, 6) is 0. The van der Waals surface area contributed by atoms with Gasteiger partial charge in [-0.15, -0.1) is 0 Å². The standard InChI is InChI=1S/C13H18/c1-2-4-6-8-10-12-13-11-9-7-5-3-1/h1-8H,9-13H2/b3-1-,4-2?,7-5+,8-6?. The van der Waals surface area contributed by atoms with Gasteiger partial charge < -0.3 is 0 Å². The Hall–Kier alpha value is -1.04. The van der Waals surface area contributed by atoms with Crippen LogP contribution in [0.15, 0.2) is 48.6 Å². The quantitative estimate of drug-likeness (QED) is 0.517. The molecule has 0 atom stereocenters. The number of rotatable bonds is 0. The van der Waals surface area contributed by atoms with Crippen molar-refractivity contribution >= 4 is 0 Å². The third kappa shape index (κ3) is 6.15. The van der Waals surface area contributed by atoms with Gasteiger partial charge in [0.05, 0.1) is 0 Å². The average Bonchev–Trinajstić information content (AvgIpc) is 2.18.